The second-order valence-corrected chi connectivity index (χ2v) is 10.5. The lowest BCUT2D eigenvalue weighted by molar-refractivity contribution is 0.125. The fourth-order valence-electron chi connectivity index (χ4n) is 5.07. The van der Waals surface area contributed by atoms with Crippen molar-refractivity contribution >= 4 is 22.7 Å². The summed E-state index contributed by atoms with van der Waals surface area (Å²) in [5.74, 6) is 2.08. The number of thiophene rings is 1. The van der Waals surface area contributed by atoms with Crippen molar-refractivity contribution in [2.45, 2.75) is 26.4 Å². The van der Waals surface area contributed by atoms with Gasteiger partial charge in [-0.1, -0.05) is 41.6 Å². The summed E-state index contributed by atoms with van der Waals surface area (Å²) in [4.78, 5) is 16.2. The summed E-state index contributed by atoms with van der Waals surface area (Å²) in [5.41, 5.74) is 5.95. The van der Waals surface area contributed by atoms with Crippen molar-refractivity contribution in [1.29, 1.82) is 0 Å². The number of rotatable bonds is 7. The molecular formula is C30H25N7O3S. The number of fused-ring (bicyclic) bond motifs is 4. The summed E-state index contributed by atoms with van der Waals surface area (Å²) in [7, 11) is 1.66. The molecule has 6 aromatic rings. The maximum atomic E-state index is 6.48. The topological polar surface area (TPSA) is 101 Å². The van der Waals surface area contributed by atoms with Gasteiger partial charge in [-0.2, -0.15) is 5.10 Å². The lowest BCUT2D eigenvalue weighted by Crippen LogP contribution is -2.16. The molecule has 7 rings (SSSR count). The van der Waals surface area contributed by atoms with Crippen LogP contribution in [0.2, 0.25) is 0 Å². The van der Waals surface area contributed by atoms with E-state index >= 15 is 0 Å². The van der Waals surface area contributed by atoms with E-state index in [4.69, 9.17) is 24.4 Å². The fourth-order valence-corrected chi connectivity index (χ4v) is 5.74. The molecule has 2 aromatic carbocycles. The minimum Gasteiger partial charge on any atom is -0.497 e. The van der Waals surface area contributed by atoms with Crippen LogP contribution in [-0.2, 0) is 11.4 Å². The van der Waals surface area contributed by atoms with Crippen molar-refractivity contribution in [3.8, 4) is 23.2 Å². The molecule has 0 N–H and O–H groups in total. The summed E-state index contributed by atoms with van der Waals surface area (Å²) in [6.45, 7) is 4.02. The molecule has 11 heteroatoms. The Labute approximate surface area is 239 Å². The van der Waals surface area contributed by atoms with E-state index in [1.807, 2.05) is 90.6 Å². The Morgan fingerprint density at radius 2 is 1.85 bits per heavy atom. The Hall–Kier alpha value is -5.03. The SMILES string of the molecule is COc1ccc(C2c3c(C)nn(-c4ccccc4)c3Oc3ncn4nc(CON=C(C)c5cccs5)nc4c32)cc1. The van der Waals surface area contributed by atoms with Gasteiger partial charge in [0.15, 0.2) is 18.1 Å². The first-order valence-corrected chi connectivity index (χ1v) is 13.9. The summed E-state index contributed by atoms with van der Waals surface area (Å²) >= 11 is 1.61. The number of benzene rings is 2. The predicted molar refractivity (Wildman–Crippen MR) is 154 cm³/mol. The second-order valence-electron chi connectivity index (χ2n) is 9.55. The zero-order valence-electron chi connectivity index (χ0n) is 22.6. The smallest absolute Gasteiger partial charge is 0.230 e. The summed E-state index contributed by atoms with van der Waals surface area (Å²) in [6.07, 6.45) is 1.61. The van der Waals surface area contributed by atoms with Crippen molar-refractivity contribution in [2.75, 3.05) is 7.11 Å². The molecule has 41 heavy (non-hydrogen) atoms. The molecule has 0 fully saturated rings. The van der Waals surface area contributed by atoms with Crippen LogP contribution in [0.15, 0.2) is 83.6 Å². The lowest BCUT2D eigenvalue weighted by atomic mass is 9.84. The van der Waals surface area contributed by atoms with Crippen molar-refractivity contribution in [3.63, 3.8) is 0 Å². The molecule has 1 aliphatic rings. The van der Waals surface area contributed by atoms with Crippen LogP contribution in [0, 0.1) is 6.92 Å². The number of nitrogens with zero attached hydrogens (tertiary/aromatic N) is 7. The monoisotopic (exact) mass is 563 g/mol. The molecule has 0 spiro atoms. The Morgan fingerprint density at radius 1 is 1.02 bits per heavy atom. The van der Waals surface area contributed by atoms with Gasteiger partial charge in [-0.15, -0.1) is 16.4 Å². The quantitative estimate of drug-likeness (QED) is 0.175. The van der Waals surface area contributed by atoms with Gasteiger partial charge >= 0.3 is 0 Å². The van der Waals surface area contributed by atoms with Gasteiger partial charge in [0.1, 0.15) is 12.1 Å². The van der Waals surface area contributed by atoms with Gasteiger partial charge < -0.3 is 14.3 Å². The molecule has 4 aromatic heterocycles. The van der Waals surface area contributed by atoms with Crippen LogP contribution >= 0.6 is 11.3 Å². The van der Waals surface area contributed by atoms with Gasteiger partial charge in [-0.05, 0) is 55.1 Å². The number of ether oxygens (including phenoxy) is 2. The summed E-state index contributed by atoms with van der Waals surface area (Å²) in [6, 6.07) is 21.9. The number of aryl methyl sites for hydroxylation is 1. The third kappa shape index (κ3) is 4.40. The van der Waals surface area contributed by atoms with E-state index in [2.05, 4.69) is 15.2 Å². The molecule has 0 radical (unpaired) electrons. The molecule has 1 aliphatic heterocycles. The van der Waals surface area contributed by atoms with Gasteiger partial charge in [0.2, 0.25) is 11.8 Å². The van der Waals surface area contributed by atoms with Gasteiger partial charge in [0.05, 0.1) is 46.1 Å². The van der Waals surface area contributed by atoms with Crippen LogP contribution in [0.3, 0.4) is 0 Å². The van der Waals surface area contributed by atoms with Crippen LogP contribution in [0.1, 0.15) is 45.9 Å². The Bertz CT molecular complexity index is 1880. The van der Waals surface area contributed by atoms with Crippen LogP contribution in [0.25, 0.3) is 11.3 Å². The van der Waals surface area contributed by atoms with E-state index < -0.39 is 0 Å². The highest BCUT2D eigenvalue weighted by Crippen LogP contribution is 2.49. The maximum absolute atomic E-state index is 6.48. The number of methoxy groups -OCH3 is 1. The van der Waals surface area contributed by atoms with Crippen LogP contribution in [0.5, 0.6) is 17.5 Å². The molecule has 204 valence electrons. The largest absolute Gasteiger partial charge is 0.497 e. The molecule has 1 atom stereocenters. The zero-order chi connectivity index (χ0) is 27.9. The molecule has 0 saturated heterocycles. The average molecular weight is 564 g/mol. The van der Waals surface area contributed by atoms with Crippen molar-refractivity contribution in [3.05, 3.63) is 112 Å². The highest BCUT2D eigenvalue weighted by Gasteiger charge is 2.38. The third-order valence-corrected chi connectivity index (χ3v) is 7.97. The minimum atomic E-state index is -0.259. The van der Waals surface area contributed by atoms with E-state index in [1.54, 1.807) is 29.3 Å². The minimum absolute atomic E-state index is 0.115. The van der Waals surface area contributed by atoms with E-state index in [9.17, 15) is 0 Å². The highest BCUT2D eigenvalue weighted by molar-refractivity contribution is 7.12. The van der Waals surface area contributed by atoms with E-state index in [0.717, 1.165) is 44.4 Å². The first-order valence-electron chi connectivity index (χ1n) is 13.0. The number of oxime groups is 1. The molecule has 10 nitrogen and oxygen atoms in total. The fraction of sp³-hybridized carbons (Fsp3) is 0.167. The summed E-state index contributed by atoms with van der Waals surface area (Å²) in [5, 5.41) is 15.8. The first-order chi connectivity index (χ1) is 20.1. The standard InChI is InChI=1S/C30H25N7O3S/c1-18(23-10-7-15-41-23)35-39-16-24-32-28-27-26(20-11-13-22(38-3)14-12-20)25-19(2)33-37(21-8-5-4-6-9-21)30(25)40-29(27)31-17-36(28)34-24/h4-15,17,26H,16H2,1-3H3. The molecular weight excluding hydrogens is 538 g/mol. The normalized spacial score (nSPS) is 14.4. The maximum Gasteiger partial charge on any atom is 0.230 e. The average Bonchev–Trinajstić information content (AvgIpc) is 3.76. The Balaban J connectivity index is 1.33. The van der Waals surface area contributed by atoms with Gasteiger partial charge in [-0.3, -0.25) is 0 Å². The van der Waals surface area contributed by atoms with Gasteiger partial charge in [0, 0.05) is 0 Å². The van der Waals surface area contributed by atoms with Crippen LogP contribution in [-0.4, -0.2) is 42.2 Å². The van der Waals surface area contributed by atoms with E-state index in [0.29, 0.717) is 23.2 Å². The number of para-hydroxylation sites is 1. The summed E-state index contributed by atoms with van der Waals surface area (Å²) < 4.78 is 15.4. The molecule has 0 bridgehead atoms. The Kier molecular flexibility index (Phi) is 6.20. The number of hydrogen-bond acceptors (Lipinski definition) is 9. The molecule has 0 aliphatic carbocycles. The number of hydrogen-bond donors (Lipinski definition) is 0. The van der Waals surface area contributed by atoms with Crippen LogP contribution < -0.4 is 9.47 Å². The van der Waals surface area contributed by atoms with E-state index in [-0.39, 0.29) is 12.5 Å². The van der Waals surface area contributed by atoms with Gasteiger partial charge in [-0.25, -0.2) is 19.2 Å². The van der Waals surface area contributed by atoms with Crippen LogP contribution in [0.4, 0.5) is 0 Å². The van der Waals surface area contributed by atoms with Crippen molar-refractivity contribution in [1.82, 2.24) is 29.4 Å². The third-order valence-electron chi connectivity index (χ3n) is 6.99. The molecule has 5 heterocycles. The first kappa shape index (κ1) is 25.0. The van der Waals surface area contributed by atoms with Gasteiger partial charge in [0.25, 0.3) is 0 Å². The highest BCUT2D eigenvalue weighted by atomic mass is 32.1. The molecule has 1 unspecified atom stereocenters. The molecule has 0 saturated carbocycles. The molecule has 0 amide bonds. The Morgan fingerprint density at radius 3 is 2.61 bits per heavy atom. The second kappa shape index (κ2) is 10.2. The van der Waals surface area contributed by atoms with Crippen molar-refractivity contribution in [2.24, 2.45) is 5.16 Å². The number of aromatic nitrogens is 6. The van der Waals surface area contributed by atoms with E-state index in [1.165, 1.54) is 0 Å². The lowest BCUT2D eigenvalue weighted by Gasteiger charge is -2.26. The predicted octanol–water partition coefficient (Wildman–Crippen LogP) is 5.92. The van der Waals surface area contributed by atoms with Crippen molar-refractivity contribution < 1.29 is 14.3 Å². The zero-order valence-corrected chi connectivity index (χ0v) is 23.4.